The van der Waals surface area contributed by atoms with Gasteiger partial charge in [-0.1, -0.05) is 0 Å². The number of alkyl halides is 3. The van der Waals surface area contributed by atoms with Crippen molar-refractivity contribution >= 4 is 6.03 Å². The van der Waals surface area contributed by atoms with Gasteiger partial charge in [-0.25, -0.2) is 4.79 Å². The SMILES string of the molecule is CC(NC(=O)N1CCC(C(F)(F)F)CC1)c1cnn(C)c1. The molecular weight excluding hydrogens is 285 g/mol. The number of amides is 2. The van der Waals surface area contributed by atoms with Gasteiger partial charge in [-0.3, -0.25) is 4.68 Å². The van der Waals surface area contributed by atoms with Crippen molar-refractivity contribution in [2.45, 2.75) is 32.0 Å². The van der Waals surface area contributed by atoms with Crippen LogP contribution in [0.4, 0.5) is 18.0 Å². The van der Waals surface area contributed by atoms with E-state index in [0.29, 0.717) is 0 Å². The number of nitrogens with one attached hydrogen (secondary N) is 1. The first kappa shape index (κ1) is 15.7. The van der Waals surface area contributed by atoms with Crippen LogP contribution in [0.15, 0.2) is 12.4 Å². The summed E-state index contributed by atoms with van der Waals surface area (Å²) in [6, 6.07) is -0.557. The maximum atomic E-state index is 12.6. The van der Waals surface area contributed by atoms with Gasteiger partial charge in [0.1, 0.15) is 0 Å². The van der Waals surface area contributed by atoms with Gasteiger partial charge < -0.3 is 10.2 Å². The molecule has 1 aliphatic rings. The normalized spacial score (nSPS) is 18.6. The standard InChI is InChI=1S/C13H19F3N4O/c1-9(10-7-17-19(2)8-10)18-12(21)20-5-3-11(4-6-20)13(14,15)16/h7-9,11H,3-6H2,1-2H3,(H,18,21). The van der Waals surface area contributed by atoms with Gasteiger partial charge in [0.2, 0.25) is 0 Å². The molecule has 2 heterocycles. The van der Waals surface area contributed by atoms with Crippen LogP contribution in [-0.2, 0) is 7.05 Å². The second-order valence-corrected chi connectivity index (χ2v) is 5.42. The molecule has 2 amide bonds. The van der Waals surface area contributed by atoms with Crippen molar-refractivity contribution in [2.75, 3.05) is 13.1 Å². The van der Waals surface area contributed by atoms with Crippen molar-refractivity contribution in [1.82, 2.24) is 20.0 Å². The summed E-state index contributed by atoms with van der Waals surface area (Å²) in [5.74, 6) is -1.29. The molecule has 1 N–H and O–H groups in total. The number of likely N-dealkylation sites (tertiary alicyclic amines) is 1. The average Bonchev–Trinajstić information content (AvgIpc) is 2.84. The van der Waals surface area contributed by atoms with E-state index >= 15 is 0 Å². The summed E-state index contributed by atoms with van der Waals surface area (Å²) in [6.45, 7) is 2.09. The first-order valence-corrected chi connectivity index (χ1v) is 6.88. The zero-order valence-electron chi connectivity index (χ0n) is 12.0. The predicted octanol–water partition coefficient (Wildman–Crippen LogP) is 2.47. The van der Waals surface area contributed by atoms with Gasteiger partial charge >= 0.3 is 12.2 Å². The Bertz CT molecular complexity index is 492. The van der Waals surface area contributed by atoms with Crippen LogP contribution >= 0.6 is 0 Å². The Morgan fingerprint density at radius 3 is 2.52 bits per heavy atom. The number of nitrogens with zero attached hydrogens (tertiary/aromatic N) is 3. The lowest BCUT2D eigenvalue weighted by atomic mass is 9.96. The van der Waals surface area contributed by atoms with Crippen LogP contribution < -0.4 is 5.32 Å². The molecule has 0 spiro atoms. The number of aryl methyl sites for hydroxylation is 1. The van der Waals surface area contributed by atoms with Crippen molar-refractivity contribution in [2.24, 2.45) is 13.0 Å². The third-order valence-corrected chi connectivity index (χ3v) is 3.81. The van der Waals surface area contributed by atoms with Gasteiger partial charge in [-0.05, 0) is 19.8 Å². The second kappa shape index (κ2) is 5.95. The number of halogens is 3. The fourth-order valence-corrected chi connectivity index (χ4v) is 2.43. The summed E-state index contributed by atoms with van der Waals surface area (Å²) in [5, 5.41) is 6.81. The van der Waals surface area contributed by atoms with Gasteiger partial charge in [0.25, 0.3) is 0 Å². The Morgan fingerprint density at radius 1 is 1.43 bits per heavy atom. The van der Waals surface area contributed by atoms with Gasteiger partial charge in [0.15, 0.2) is 0 Å². The summed E-state index contributed by atoms with van der Waals surface area (Å²) >= 11 is 0. The molecule has 0 bridgehead atoms. The minimum absolute atomic E-state index is 0.0296. The largest absolute Gasteiger partial charge is 0.391 e. The van der Waals surface area contributed by atoms with Crippen molar-refractivity contribution < 1.29 is 18.0 Å². The van der Waals surface area contributed by atoms with E-state index in [1.165, 1.54) is 4.90 Å². The fourth-order valence-electron chi connectivity index (χ4n) is 2.43. The van der Waals surface area contributed by atoms with Crippen LogP contribution in [0, 0.1) is 5.92 Å². The van der Waals surface area contributed by atoms with Crippen LogP contribution in [0.25, 0.3) is 0 Å². The molecule has 8 heteroatoms. The highest BCUT2D eigenvalue weighted by molar-refractivity contribution is 5.74. The molecule has 1 atom stereocenters. The average molecular weight is 304 g/mol. The molecule has 0 aliphatic carbocycles. The van der Waals surface area contributed by atoms with E-state index in [1.54, 1.807) is 24.1 Å². The third-order valence-electron chi connectivity index (χ3n) is 3.81. The Labute approximate surface area is 121 Å². The van der Waals surface area contributed by atoms with Crippen LogP contribution in [0.1, 0.15) is 31.4 Å². The van der Waals surface area contributed by atoms with Gasteiger partial charge in [-0.15, -0.1) is 0 Å². The van der Waals surface area contributed by atoms with E-state index in [0.717, 1.165) is 5.56 Å². The molecule has 118 valence electrons. The number of piperidine rings is 1. The Balaban J connectivity index is 1.85. The van der Waals surface area contributed by atoms with E-state index < -0.39 is 12.1 Å². The van der Waals surface area contributed by atoms with Crippen LogP contribution in [0.3, 0.4) is 0 Å². The number of hydrogen-bond donors (Lipinski definition) is 1. The molecule has 1 aromatic heterocycles. The minimum atomic E-state index is -4.16. The van der Waals surface area contributed by atoms with Crippen molar-refractivity contribution in [3.63, 3.8) is 0 Å². The fraction of sp³-hybridized carbons (Fsp3) is 0.692. The second-order valence-electron chi connectivity index (χ2n) is 5.42. The lowest BCUT2D eigenvalue weighted by Crippen LogP contribution is -2.47. The smallest absolute Gasteiger partial charge is 0.331 e. The van der Waals surface area contributed by atoms with Crippen molar-refractivity contribution in [3.8, 4) is 0 Å². The number of aromatic nitrogens is 2. The highest BCUT2D eigenvalue weighted by Gasteiger charge is 2.41. The zero-order chi connectivity index (χ0) is 15.6. The van der Waals surface area contributed by atoms with Crippen LogP contribution in [-0.4, -0.2) is 40.0 Å². The Hall–Kier alpha value is -1.73. The van der Waals surface area contributed by atoms with E-state index in [4.69, 9.17) is 0 Å². The van der Waals surface area contributed by atoms with Crippen LogP contribution in [0.2, 0.25) is 0 Å². The summed E-state index contributed by atoms with van der Waals surface area (Å²) in [7, 11) is 1.78. The third kappa shape index (κ3) is 3.89. The molecule has 0 radical (unpaired) electrons. The highest BCUT2D eigenvalue weighted by atomic mass is 19.4. The van der Waals surface area contributed by atoms with Crippen molar-refractivity contribution in [1.29, 1.82) is 0 Å². The van der Waals surface area contributed by atoms with E-state index in [-0.39, 0.29) is 38.0 Å². The highest BCUT2D eigenvalue weighted by Crippen LogP contribution is 2.34. The number of hydrogen-bond acceptors (Lipinski definition) is 2. The summed E-state index contributed by atoms with van der Waals surface area (Å²) in [6.07, 6.45) is -0.774. The molecular formula is C13H19F3N4O. The van der Waals surface area contributed by atoms with E-state index in [9.17, 15) is 18.0 Å². The molecule has 1 saturated heterocycles. The molecule has 1 fully saturated rings. The van der Waals surface area contributed by atoms with Gasteiger partial charge in [-0.2, -0.15) is 18.3 Å². The molecule has 0 saturated carbocycles. The zero-order valence-corrected chi connectivity index (χ0v) is 12.0. The molecule has 0 aromatic carbocycles. The minimum Gasteiger partial charge on any atom is -0.331 e. The Morgan fingerprint density at radius 2 is 2.05 bits per heavy atom. The van der Waals surface area contributed by atoms with E-state index in [1.807, 2.05) is 6.92 Å². The molecule has 21 heavy (non-hydrogen) atoms. The number of rotatable bonds is 2. The Kier molecular flexibility index (Phi) is 4.43. The number of carbonyl (C=O) groups is 1. The lowest BCUT2D eigenvalue weighted by Gasteiger charge is -2.33. The topological polar surface area (TPSA) is 50.2 Å². The molecule has 5 nitrogen and oxygen atoms in total. The molecule has 2 rings (SSSR count). The van der Waals surface area contributed by atoms with E-state index in [2.05, 4.69) is 10.4 Å². The maximum Gasteiger partial charge on any atom is 0.391 e. The number of carbonyl (C=O) groups excluding carboxylic acids is 1. The van der Waals surface area contributed by atoms with Gasteiger partial charge in [0, 0.05) is 31.9 Å². The molecule has 1 unspecified atom stereocenters. The predicted molar refractivity (Wildman–Crippen MR) is 70.5 cm³/mol. The summed E-state index contributed by atoms with van der Waals surface area (Å²) < 4.78 is 39.4. The van der Waals surface area contributed by atoms with Crippen molar-refractivity contribution in [3.05, 3.63) is 18.0 Å². The number of urea groups is 1. The molecule has 1 aliphatic heterocycles. The first-order valence-electron chi connectivity index (χ1n) is 6.88. The quantitative estimate of drug-likeness (QED) is 0.912. The monoisotopic (exact) mass is 304 g/mol. The summed E-state index contributed by atoms with van der Waals surface area (Å²) in [5.41, 5.74) is 0.857. The van der Waals surface area contributed by atoms with Crippen LogP contribution in [0.5, 0.6) is 0 Å². The summed E-state index contributed by atoms with van der Waals surface area (Å²) in [4.78, 5) is 13.5. The van der Waals surface area contributed by atoms with Gasteiger partial charge in [0.05, 0.1) is 18.2 Å². The first-order chi connectivity index (χ1) is 9.77. The lowest BCUT2D eigenvalue weighted by molar-refractivity contribution is -0.183. The maximum absolute atomic E-state index is 12.6. The molecule has 1 aromatic rings.